The van der Waals surface area contributed by atoms with Crippen LogP contribution in [0.25, 0.3) is 10.9 Å². The molecule has 1 heterocycles. The molecule has 3 aromatic carbocycles. The Morgan fingerprint density at radius 1 is 0.971 bits per heavy atom. The average Bonchev–Trinajstić information content (AvgIpc) is 3.28. The van der Waals surface area contributed by atoms with E-state index in [-0.39, 0.29) is 28.9 Å². The van der Waals surface area contributed by atoms with E-state index >= 15 is 0 Å². The van der Waals surface area contributed by atoms with Crippen LogP contribution in [0.3, 0.4) is 0 Å². The predicted octanol–water partition coefficient (Wildman–Crippen LogP) is 5.35. The molecule has 0 fully saturated rings. The van der Waals surface area contributed by atoms with Crippen molar-refractivity contribution in [3.63, 3.8) is 0 Å². The highest BCUT2D eigenvalue weighted by Gasteiger charge is 2.20. The number of rotatable bonds is 9. The number of halogens is 2. The first-order valence-corrected chi connectivity index (χ1v) is 10.6. The Bertz CT molecular complexity index is 1270. The van der Waals surface area contributed by atoms with E-state index in [1.54, 1.807) is 7.11 Å². The molecule has 176 valence electrons. The molecule has 0 saturated heterocycles. The molecule has 0 spiro atoms. The predicted molar refractivity (Wildman–Crippen MR) is 125 cm³/mol. The lowest BCUT2D eigenvalue weighted by molar-refractivity contribution is -0.0512. The lowest BCUT2D eigenvalue weighted by Crippen LogP contribution is -2.29. The van der Waals surface area contributed by atoms with E-state index in [0.29, 0.717) is 6.54 Å². The zero-order valence-electron chi connectivity index (χ0n) is 18.7. The van der Waals surface area contributed by atoms with Crippen molar-refractivity contribution in [2.24, 2.45) is 0 Å². The van der Waals surface area contributed by atoms with E-state index in [2.05, 4.69) is 15.0 Å². The average molecular weight is 466 g/mol. The van der Waals surface area contributed by atoms with Crippen LogP contribution in [-0.2, 0) is 0 Å². The van der Waals surface area contributed by atoms with Gasteiger partial charge in [0.1, 0.15) is 5.75 Å². The Balaban J connectivity index is 1.60. The third kappa shape index (κ3) is 4.96. The van der Waals surface area contributed by atoms with Gasteiger partial charge in [-0.3, -0.25) is 4.79 Å². The number of hydrogen-bond acceptors (Lipinski definition) is 4. The zero-order chi connectivity index (χ0) is 24.1. The van der Waals surface area contributed by atoms with Gasteiger partial charge < -0.3 is 24.5 Å². The molecule has 1 aromatic heterocycles. The minimum atomic E-state index is -2.99. The van der Waals surface area contributed by atoms with Crippen LogP contribution in [0.5, 0.6) is 17.2 Å². The number of methoxy groups -OCH3 is 2. The molecule has 8 heteroatoms. The second kappa shape index (κ2) is 10.2. The number of aromatic amines is 1. The highest BCUT2D eigenvalue weighted by Crippen LogP contribution is 2.32. The monoisotopic (exact) mass is 466 g/mol. The molecule has 0 aliphatic rings. The van der Waals surface area contributed by atoms with Crippen LogP contribution in [0, 0.1) is 0 Å². The molecule has 0 radical (unpaired) electrons. The number of fused-ring (bicyclic) bond motifs is 1. The van der Waals surface area contributed by atoms with Gasteiger partial charge in [-0.05, 0) is 47.5 Å². The van der Waals surface area contributed by atoms with E-state index in [4.69, 9.17) is 9.47 Å². The highest BCUT2D eigenvalue weighted by molar-refractivity contribution is 5.95. The van der Waals surface area contributed by atoms with Gasteiger partial charge in [0, 0.05) is 35.1 Å². The number of para-hydroxylation sites is 1. The van der Waals surface area contributed by atoms with Gasteiger partial charge in [-0.1, -0.05) is 30.3 Å². The Morgan fingerprint density at radius 3 is 2.44 bits per heavy atom. The molecule has 0 aliphatic heterocycles. The molecule has 6 nitrogen and oxygen atoms in total. The summed E-state index contributed by atoms with van der Waals surface area (Å²) in [6.45, 7) is -2.68. The Morgan fingerprint density at radius 2 is 1.74 bits per heavy atom. The molecule has 0 bridgehead atoms. The van der Waals surface area contributed by atoms with Crippen molar-refractivity contribution in [3.05, 3.63) is 89.6 Å². The van der Waals surface area contributed by atoms with Crippen molar-refractivity contribution in [1.29, 1.82) is 0 Å². The summed E-state index contributed by atoms with van der Waals surface area (Å²) in [6, 6.07) is 19.8. The molecule has 1 unspecified atom stereocenters. The molecule has 1 atom stereocenters. The van der Waals surface area contributed by atoms with Crippen LogP contribution in [0.4, 0.5) is 8.78 Å². The van der Waals surface area contributed by atoms with Gasteiger partial charge in [0.15, 0.2) is 11.5 Å². The molecule has 4 aromatic rings. The number of carbonyl (C=O) groups excluding carboxylic acids is 1. The van der Waals surface area contributed by atoms with Gasteiger partial charge in [-0.2, -0.15) is 8.78 Å². The number of hydrogen-bond donors (Lipinski definition) is 2. The lowest BCUT2D eigenvalue weighted by atomic mass is 9.90. The molecule has 4 rings (SSSR count). The molecule has 2 N–H and O–H groups in total. The van der Waals surface area contributed by atoms with Gasteiger partial charge in [0.25, 0.3) is 5.91 Å². The zero-order valence-corrected chi connectivity index (χ0v) is 18.7. The third-order valence-corrected chi connectivity index (χ3v) is 5.62. The molecular weight excluding hydrogens is 442 g/mol. The van der Waals surface area contributed by atoms with Crippen LogP contribution in [0.2, 0.25) is 0 Å². The first kappa shape index (κ1) is 23.1. The van der Waals surface area contributed by atoms with Crippen molar-refractivity contribution in [2.45, 2.75) is 12.5 Å². The van der Waals surface area contributed by atoms with Crippen LogP contribution < -0.4 is 19.5 Å². The van der Waals surface area contributed by atoms with Crippen molar-refractivity contribution in [2.75, 3.05) is 20.8 Å². The van der Waals surface area contributed by atoms with Crippen molar-refractivity contribution < 1.29 is 27.8 Å². The van der Waals surface area contributed by atoms with Crippen molar-refractivity contribution >= 4 is 16.8 Å². The van der Waals surface area contributed by atoms with E-state index in [1.807, 2.05) is 54.7 Å². The number of nitrogens with one attached hydrogen (secondary N) is 2. The van der Waals surface area contributed by atoms with Crippen LogP contribution in [0.1, 0.15) is 27.4 Å². The minimum Gasteiger partial charge on any atom is -0.497 e. The highest BCUT2D eigenvalue weighted by atomic mass is 19.3. The summed E-state index contributed by atoms with van der Waals surface area (Å²) in [5.74, 6) is 0.151. The molecular formula is C26H24F2N2O4. The molecule has 0 saturated carbocycles. The third-order valence-electron chi connectivity index (χ3n) is 5.62. The van der Waals surface area contributed by atoms with E-state index in [0.717, 1.165) is 27.8 Å². The van der Waals surface area contributed by atoms with Crippen LogP contribution >= 0.6 is 0 Å². The Hall–Kier alpha value is -4.07. The lowest BCUT2D eigenvalue weighted by Gasteiger charge is -2.19. The maximum Gasteiger partial charge on any atom is 0.387 e. The first-order chi connectivity index (χ1) is 16.5. The smallest absolute Gasteiger partial charge is 0.387 e. The topological polar surface area (TPSA) is 72.6 Å². The molecule has 34 heavy (non-hydrogen) atoms. The van der Waals surface area contributed by atoms with Gasteiger partial charge in [0.2, 0.25) is 0 Å². The van der Waals surface area contributed by atoms with Crippen molar-refractivity contribution in [3.8, 4) is 17.2 Å². The maximum absolute atomic E-state index is 12.9. The van der Waals surface area contributed by atoms with Crippen LogP contribution in [-0.4, -0.2) is 38.3 Å². The fourth-order valence-corrected chi connectivity index (χ4v) is 3.92. The molecule has 0 aliphatic carbocycles. The van der Waals surface area contributed by atoms with Gasteiger partial charge in [0.05, 0.1) is 14.2 Å². The summed E-state index contributed by atoms with van der Waals surface area (Å²) in [7, 11) is 2.93. The minimum absolute atomic E-state index is 0.0521. The second-order valence-corrected chi connectivity index (χ2v) is 7.57. The first-order valence-electron chi connectivity index (χ1n) is 10.6. The fraction of sp³-hybridized carbons (Fsp3) is 0.192. The quantitative estimate of drug-likeness (QED) is 0.349. The normalized spacial score (nSPS) is 11.9. The number of H-pyrrole nitrogens is 1. The number of amides is 1. The Kier molecular flexibility index (Phi) is 6.96. The fourth-order valence-electron chi connectivity index (χ4n) is 3.92. The summed E-state index contributed by atoms with van der Waals surface area (Å²) in [6.07, 6.45) is 1.95. The summed E-state index contributed by atoms with van der Waals surface area (Å²) in [4.78, 5) is 16.2. The standard InChI is InChI=1S/C26H24F2N2O4/c1-32-18-10-7-16(8-11-18)20(21-15-29-22-6-4-3-5-19(21)22)14-30-25(31)17-9-12-23(34-26(27)28)24(13-17)33-2/h3-13,15,20,26,29H,14H2,1-2H3,(H,30,31). The number of aromatic nitrogens is 1. The number of alkyl halides is 2. The van der Waals surface area contributed by atoms with Crippen molar-refractivity contribution in [1.82, 2.24) is 10.3 Å². The van der Waals surface area contributed by atoms with Gasteiger partial charge >= 0.3 is 6.61 Å². The van der Waals surface area contributed by atoms with E-state index in [9.17, 15) is 13.6 Å². The summed E-state index contributed by atoms with van der Waals surface area (Å²) >= 11 is 0. The summed E-state index contributed by atoms with van der Waals surface area (Å²) in [5, 5.41) is 4.02. The van der Waals surface area contributed by atoms with E-state index < -0.39 is 6.61 Å². The van der Waals surface area contributed by atoms with E-state index in [1.165, 1.54) is 25.3 Å². The summed E-state index contributed by atoms with van der Waals surface area (Å²) < 4.78 is 40.0. The largest absolute Gasteiger partial charge is 0.497 e. The Labute approximate surface area is 195 Å². The number of ether oxygens (including phenoxy) is 3. The molecule has 1 amide bonds. The SMILES string of the molecule is COc1ccc(C(CNC(=O)c2ccc(OC(F)F)c(OC)c2)c2c[nH]c3ccccc23)cc1. The van der Waals surface area contributed by atoms with Crippen LogP contribution in [0.15, 0.2) is 72.9 Å². The maximum atomic E-state index is 12.9. The summed E-state index contributed by atoms with van der Waals surface area (Å²) in [5.41, 5.74) is 3.32. The number of benzene rings is 3. The van der Waals surface area contributed by atoms with Gasteiger partial charge in [-0.25, -0.2) is 0 Å². The second-order valence-electron chi connectivity index (χ2n) is 7.57. The number of carbonyl (C=O) groups is 1. The van der Waals surface area contributed by atoms with Gasteiger partial charge in [-0.15, -0.1) is 0 Å².